The third-order valence-corrected chi connectivity index (χ3v) is 7.74. The van der Waals surface area contributed by atoms with Gasteiger partial charge in [0, 0.05) is 26.6 Å². The number of hydrogen-bond acceptors (Lipinski definition) is 7. The molecule has 2 aromatic rings. The van der Waals surface area contributed by atoms with Crippen LogP contribution in [0.25, 0.3) is 0 Å². The molecule has 0 spiro atoms. The molecule has 1 heterocycles. The van der Waals surface area contributed by atoms with Gasteiger partial charge in [0.25, 0.3) is 0 Å². The Labute approximate surface area is 249 Å². The highest BCUT2D eigenvalue weighted by Gasteiger charge is 2.41. The first-order valence-corrected chi connectivity index (χ1v) is 14.2. The van der Waals surface area contributed by atoms with Gasteiger partial charge >= 0.3 is 17.9 Å². The van der Waals surface area contributed by atoms with Crippen LogP contribution in [0.5, 0.6) is 5.75 Å². The van der Waals surface area contributed by atoms with Crippen molar-refractivity contribution in [2.24, 2.45) is 0 Å². The Morgan fingerprint density at radius 2 is 1.47 bits per heavy atom. The predicted molar refractivity (Wildman–Crippen MR) is 153 cm³/mol. The molecule has 1 aliphatic heterocycles. The number of carboxylic acids is 3. The molecule has 2 aromatic carbocycles. The van der Waals surface area contributed by atoms with Crippen LogP contribution in [0, 0.1) is 5.82 Å². The van der Waals surface area contributed by atoms with Crippen LogP contribution in [0.3, 0.4) is 0 Å². The van der Waals surface area contributed by atoms with Crippen LogP contribution < -0.4 is 10.1 Å². The van der Waals surface area contributed by atoms with Gasteiger partial charge in [0.1, 0.15) is 11.6 Å². The van der Waals surface area contributed by atoms with E-state index < -0.39 is 41.9 Å². The summed E-state index contributed by atoms with van der Waals surface area (Å²) in [6.07, 6.45) is 4.59. The monoisotopic (exact) mass is 602 g/mol. The third-order valence-electron chi connectivity index (χ3n) is 7.74. The van der Waals surface area contributed by atoms with Crippen molar-refractivity contribution in [1.82, 2.24) is 10.2 Å². The molecule has 12 heteroatoms. The largest absolute Gasteiger partial charge is 0.490 e. The number of rotatable bonds is 11. The Morgan fingerprint density at radius 1 is 0.930 bits per heavy atom. The molecule has 11 nitrogen and oxygen atoms in total. The molecule has 0 bridgehead atoms. The maximum Gasteiger partial charge on any atom is 0.336 e. The molecule has 5 N–H and O–H groups in total. The maximum absolute atomic E-state index is 13.4. The summed E-state index contributed by atoms with van der Waals surface area (Å²) in [7, 11) is 0. The summed E-state index contributed by atoms with van der Waals surface area (Å²) in [6, 6.07) is 15.0. The van der Waals surface area contributed by atoms with E-state index in [1.54, 1.807) is 19.1 Å². The summed E-state index contributed by atoms with van der Waals surface area (Å²) < 4.78 is 19.4. The number of carbonyl (C=O) groups excluding carboxylic acids is 1. The molecule has 1 saturated heterocycles. The first-order chi connectivity index (χ1) is 20.3. The number of nitrogens with zero attached hydrogens (tertiary/aromatic N) is 1. The van der Waals surface area contributed by atoms with Crippen molar-refractivity contribution in [3.63, 3.8) is 0 Å². The second kappa shape index (κ2) is 14.9. The van der Waals surface area contributed by atoms with Crippen molar-refractivity contribution >= 4 is 23.8 Å². The number of halogens is 1. The van der Waals surface area contributed by atoms with Gasteiger partial charge in [-0.15, -0.1) is 0 Å². The fraction of sp³-hybridized carbons (Fsp3) is 0.484. The molecule has 43 heavy (non-hydrogen) atoms. The molecule has 234 valence electrons. The van der Waals surface area contributed by atoms with Gasteiger partial charge in [0.2, 0.25) is 5.91 Å². The molecule has 0 radical (unpaired) electrons. The number of hydrogen-bond donors (Lipinski definition) is 5. The van der Waals surface area contributed by atoms with Crippen molar-refractivity contribution in [1.29, 1.82) is 0 Å². The van der Waals surface area contributed by atoms with Gasteiger partial charge in [-0.05, 0) is 73.9 Å². The highest BCUT2D eigenvalue weighted by molar-refractivity contribution is 5.88. The summed E-state index contributed by atoms with van der Waals surface area (Å²) in [4.78, 5) is 44.8. The van der Waals surface area contributed by atoms with Crippen molar-refractivity contribution in [3.05, 3.63) is 65.5 Å². The number of likely N-dealkylation sites (tertiary alicyclic amines) is 1. The molecule has 1 aliphatic carbocycles. The Kier molecular flexibility index (Phi) is 11.6. The van der Waals surface area contributed by atoms with E-state index in [0.29, 0.717) is 6.10 Å². The maximum atomic E-state index is 13.4. The number of carbonyl (C=O) groups is 4. The van der Waals surface area contributed by atoms with Gasteiger partial charge in [-0.3, -0.25) is 19.3 Å². The van der Waals surface area contributed by atoms with Crippen molar-refractivity contribution in [3.8, 4) is 5.75 Å². The van der Waals surface area contributed by atoms with E-state index in [2.05, 4.69) is 34.5 Å². The highest BCUT2D eigenvalue weighted by atomic mass is 19.1. The number of aliphatic hydroxyl groups is 1. The lowest BCUT2D eigenvalue weighted by Gasteiger charge is -2.42. The van der Waals surface area contributed by atoms with E-state index in [0.717, 1.165) is 43.8 Å². The van der Waals surface area contributed by atoms with Crippen LogP contribution in [0.2, 0.25) is 0 Å². The highest BCUT2D eigenvalue weighted by Crippen LogP contribution is 2.34. The minimum Gasteiger partial charge on any atom is -0.490 e. The van der Waals surface area contributed by atoms with E-state index in [9.17, 15) is 23.6 Å². The molecule has 1 amide bonds. The van der Waals surface area contributed by atoms with Gasteiger partial charge in [0.05, 0.1) is 24.5 Å². The van der Waals surface area contributed by atoms with Gasteiger partial charge in [-0.25, -0.2) is 9.18 Å². The van der Waals surface area contributed by atoms with Crippen LogP contribution in [0.4, 0.5) is 4.39 Å². The zero-order valence-electron chi connectivity index (χ0n) is 24.1. The number of amides is 1. The molecule has 4 rings (SSSR count). The second-order valence-corrected chi connectivity index (χ2v) is 11.2. The van der Waals surface area contributed by atoms with Crippen LogP contribution in [-0.2, 0) is 31.3 Å². The summed E-state index contributed by atoms with van der Waals surface area (Å²) in [6.45, 7) is 4.17. The number of ether oxygens (including phenoxy) is 1. The number of carboxylic acid groups (broad SMARTS) is 3. The van der Waals surface area contributed by atoms with Crippen molar-refractivity contribution in [2.75, 3.05) is 13.1 Å². The lowest BCUT2D eigenvalue weighted by Crippen LogP contribution is -2.52. The fourth-order valence-electron chi connectivity index (χ4n) is 5.53. The first kappa shape index (κ1) is 33.5. The Bertz CT molecular complexity index is 1240. The van der Waals surface area contributed by atoms with Gasteiger partial charge in [-0.1, -0.05) is 24.3 Å². The third kappa shape index (κ3) is 10.0. The van der Waals surface area contributed by atoms with Crippen LogP contribution >= 0.6 is 0 Å². The van der Waals surface area contributed by atoms with Crippen molar-refractivity contribution < 1.29 is 48.7 Å². The standard InChI is InChI=1S/C25H31FN2O2.C6H8O7/c1-19(29)27-25(21-8-10-22(26)11-9-21)14-16-28(17-15-25)18-20-6-12-24(13-7-20)30-23-4-2-3-5-23;7-3(8)1-6(13,5(11)12)2-4(9)10/h6-13,23H,2-5,14-18H2,1H3,(H,27,29);13H,1-2H2,(H,7,8)(H,9,10)(H,11,12). The lowest BCUT2D eigenvalue weighted by molar-refractivity contribution is -0.170. The Morgan fingerprint density at radius 3 is 1.93 bits per heavy atom. The molecule has 2 fully saturated rings. The minimum atomic E-state index is -2.74. The van der Waals surface area contributed by atoms with Gasteiger partial charge in [0.15, 0.2) is 5.60 Å². The topological polar surface area (TPSA) is 174 Å². The molecule has 0 atom stereocenters. The average Bonchev–Trinajstić information content (AvgIpc) is 3.43. The summed E-state index contributed by atoms with van der Waals surface area (Å²) >= 11 is 0. The molecule has 0 unspecified atom stereocenters. The zero-order valence-corrected chi connectivity index (χ0v) is 24.1. The smallest absolute Gasteiger partial charge is 0.336 e. The molecular weight excluding hydrogens is 563 g/mol. The minimum absolute atomic E-state index is 0.0503. The van der Waals surface area contributed by atoms with Crippen LogP contribution in [0.1, 0.15) is 69.4 Å². The average molecular weight is 603 g/mol. The van der Waals surface area contributed by atoms with E-state index >= 15 is 0 Å². The van der Waals surface area contributed by atoms with Crippen LogP contribution in [0.15, 0.2) is 48.5 Å². The summed E-state index contributed by atoms with van der Waals surface area (Å²) in [5.41, 5.74) is -0.915. The SMILES string of the molecule is CC(=O)NC1(c2ccc(F)cc2)CCN(Cc2ccc(OC3CCCC3)cc2)CC1.O=C(O)CC(O)(CC(=O)O)C(=O)O. The number of piperidine rings is 1. The molecule has 0 aromatic heterocycles. The quantitative estimate of drug-likeness (QED) is 0.256. The zero-order chi connectivity index (χ0) is 31.6. The molecular formula is C31H39FN2O9. The number of aliphatic carboxylic acids is 3. The van der Waals surface area contributed by atoms with E-state index in [-0.39, 0.29) is 11.7 Å². The lowest BCUT2D eigenvalue weighted by atomic mass is 9.80. The fourth-order valence-corrected chi connectivity index (χ4v) is 5.53. The van der Waals surface area contributed by atoms with Crippen molar-refractivity contribution in [2.45, 2.75) is 82.1 Å². The Balaban J connectivity index is 0.000000331. The summed E-state index contributed by atoms with van der Waals surface area (Å²) in [5.74, 6) is -4.36. The molecule has 1 saturated carbocycles. The van der Waals surface area contributed by atoms with Gasteiger partial charge in [-0.2, -0.15) is 0 Å². The number of nitrogens with one attached hydrogen (secondary N) is 1. The molecule has 2 aliphatic rings. The van der Waals surface area contributed by atoms with Gasteiger partial charge < -0.3 is 30.5 Å². The second-order valence-electron chi connectivity index (χ2n) is 11.2. The Hall–Kier alpha value is -4.03. The predicted octanol–water partition coefficient (Wildman–Crippen LogP) is 3.53. The van der Waals surface area contributed by atoms with E-state index in [1.807, 2.05) is 0 Å². The van der Waals surface area contributed by atoms with Crippen LogP contribution in [-0.4, -0.2) is 73.9 Å². The summed E-state index contributed by atoms with van der Waals surface area (Å²) in [5, 5.41) is 37.0. The normalized spacial score (nSPS) is 16.9. The van der Waals surface area contributed by atoms with E-state index in [1.165, 1.54) is 43.4 Å². The number of benzene rings is 2. The van der Waals surface area contributed by atoms with E-state index in [4.69, 9.17) is 25.2 Å². The first-order valence-electron chi connectivity index (χ1n) is 14.2.